The molecule has 0 spiro atoms. The number of halogens is 4. The molecule has 0 amide bonds. The van der Waals surface area contributed by atoms with Gasteiger partial charge in [0.15, 0.2) is 0 Å². The predicted octanol–water partition coefficient (Wildman–Crippen LogP) is 3.06. The van der Waals surface area contributed by atoms with Crippen LogP contribution in [0.15, 0.2) is 16.6 Å². The third-order valence-corrected chi connectivity index (χ3v) is 2.77. The fourth-order valence-electron chi connectivity index (χ4n) is 1.41. The molecule has 18 heavy (non-hydrogen) atoms. The molecule has 1 aromatic rings. The predicted molar refractivity (Wildman–Crippen MR) is 59.6 cm³/mol. The van der Waals surface area contributed by atoms with E-state index in [0.29, 0.717) is 0 Å². The van der Waals surface area contributed by atoms with E-state index in [0.717, 1.165) is 19.2 Å². The summed E-state index contributed by atoms with van der Waals surface area (Å²) in [5.41, 5.74) is -1.22. The number of nitriles is 1. The monoisotopic (exact) mass is 321 g/mol. The van der Waals surface area contributed by atoms with Gasteiger partial charge in [0.2, 0.25) is 0 Å². The van der Waals surface area contributed by atoms with E-state index in [9.17, 15) is 18.0 Å². The Morgan fingerprint density at radius 3 is 2.56 bits per heavy atom. The summed E-state index contributed by atoms with van der Waals surface area (Å²) in [5, 5.41) is 8.70. The quantitative estimate of drug-likeness (QED) is 0.787. The standard InChI is InChI=1S/C11H7BrF3NO2/c1-18-9(17)4-7-2-6(5-16)3-8(12)10(7)11(13,14)15/h2-3H,4H2,1H3. The molecule has 0 fully saturated rings. The minimum Gasteiger partial charge on any atom is -0.469 e. The van der Waals surface area contributed by atoms with Crippen molar-refractivity contribution in [2.75, 3.05) is 7.11 Å². The van der Waals surface area contributed by atoms with Crippen LogP contribution in [-0.2, 0) is 22.1 Å². The summed E-state index contributed by atoms with van der Waals surface area (Å²) < 4.78 is 42.6. The van der Waals surface area contributed by atoms with Crippen molar-refractivity contribution >= 4 is 21.9 Å². The first kappa shape index (κ1) is 14.5. The van der Waals surface area contributed by atoms with Gasteiger partial charge in [-0.05, 0) is 17.7 Å². The normalized spacial score (nSPS) is 10.9. The summed E-state index contributed by atoms with van der Waals surface area (Å²) in [7, 11) is 1.08. The van der Waals surface area contributed by atoms with E-state index in [4.69, 9.17) is 5.26 Å². The Balaban J connectivity index is 3.40. The summed E-state index contributed by atoms with van der Waals surface area (Å²) in [6.07, 6.45) is -5.16. The SMILES string of the molecule is COC(=O)Cc1cc(C#N)cc(Br)c1C(F)(F)F. The number of carbonyl (C=O) groups excluding carboxylic acids is 1. The van der Waals surface area contributed by atoms with Crippen LogP contribution < -0.4 is 0 Å². The number of benzene rings is 1. The minimum absolute atomic E-state index is 0.0359. The number of methoxy groups -OCH3 is 1. The Labute approximate surface area is 109 Å². The summed E-state index contributed by atoms with van der Waals surface area (Å²) >= 11 is 2.76. The largest absolute Gasteiger partial charge is 0.469 e. The van der Waals surface area contributed by atoms with Gasteiger partial charge in [-0.2, -0.15) is 18.4 Å². The molecule has 0 radical (unpaired) electrons. The molecule has 96 valence electrons. The lowest BCUT2D eigenvalue weighted by Crippen LogP contribution is -2.14. The van der Waals surface area contributed by atoms with Gasteiger partial charge in [0.25, 0.3) is 0 Å². The zero-order valence-electron chi connectivity index (χ0n) is 9.14. The number of esters is 1. The van der Waals surface area contributed by atoms with Gasteiger partial charge in [-0.25, -0.2) is 0 Å². The molecule has 1 aromatic carbocycles. The summed E-state index contributed by atoms with van der Waals surface area (Å²) in [5.74, 6) is -0.803. The molecule has 7 heteroatoms. The van der Waals surface area contributed by atoms with Crippen LogP contribution in [0.4, 0.5) is 13.2 Å². The third kappa shape index (κ3) is 3.23. The number of nitrogens with zero attached hydrogens (tertiary/aromatic N) is 1. The van der Waals surface area contributed by atoms with Gasteiger partial charge in [0.1, 0.15) is 0 Å². The highest BCUT2D eigenvalue weighted by Crippen LogP contribution is 2.38. The smallest absolute Gasteiger partial charge is 0.417 e. The van der Waals surface area contributed by atoms with Crippen molar-refractivity contribution in [2.24, 2.45) is 0 Å². The first-order valence-corrected chi connectivity index (χ1v) is 5.45. The van der Waals surface area contributed by atoms with Crippen LogP contribution >= 0.6 is 15.9 Å². The molecule has 0 aliphatic carbocycles. The summed E-state index contributed by atoms with van der Waals surface area (Å²) in [6.45, 7) is 0. The Kier molecular flexibility index (Phi) is 4.35. The zero-order valence-corrected chi connectivity index (χ0v) is 10.7. The number of carbonyl (C=O) groups is 1. The molecule has 0 bridgehead atoms. The van der Waals surface area contributed by atoms with Crippen molar-refractivity contribution in [2.45, 2.75) is 12.6 Å². The van der Waals surface area contributed by atoms with E-state index in [1.165, 1.54) is 0 Å². The Morgan fingerprint density at radius 1 is 1.50 bits per heavy atom. The first-order chi connectivity index (χ1) is 8.29. The number of hydrogen-bond donors (Lipinski definition) is 0. The maximum Gasteiger partial charge on any atom is 0.417 e. The molecule has 0 aliphatic rings. The lowest BCUT2D eigenvalue weighted by Gasteiger charge is -2.14. The molecule has 0 aromatic heterocycles. The average molecular weight is 322 g/mol. The van der Waals surface area contributed by atoms with Crippen LogP contribution in [0.25, 0.3) is 0 Å². The Hall–Kier alpha value is -1.55. The molecule has 0 atom stereocenters. The average Bonchev–Trinajstić information content (AvgIpc) is 2.26. The van der Waals surface area contributed by atoms with Gasteiger partial charge >= 0.3 is 12.1 Å². The summed E-state index contributed by atoms with van der Waals surface area (Å²) in [6, 6.07) is 3.82. The number of hydrogen-bond acceptors (Lipinski definition) is 3. The number of alkyl halides is 3. The molecule has 0 saturated carbocycles. The maximum absolute atomic E-state index is 12.8. The van der Waals surface area contributed by atoms with Gasteiger partial charge in [-0.1, -0.05) is 15.9 Å². The molecule has 0 unspecified atom stereocenters. The second kappa shape index (κ2) is 5.40. The summed E-state index contributed by atoms with van der Waals surface area (Å²) in [4.78, 5) is 11.1. The van der Waals surface area contributed by atoms with Gasteiger partial charge in [-0.15, -0.1) is 0 Å². The van der Waals surface area contributed by atoms with Crippen molar-refractivity contribution in [3.05, 3.63) is 33.3 Å². The van der Waals surface area contributed by atoms with E-state index in [2.05, 4.69) is 20.7 Å². The fourth-order valence-corrected chi connectivity index (χ4v) is 2.14. The lowest BCUT2D eigenvalue weighted by atomic mass is 10.0. The topological polar surface area (TPSA) is 50.1 Å². The first-order valence-electron chi connectivity index (χ1n) is 4.66. The molecule has 1 rings (SSSR count). The molecule has 0 aliphatic heterocycles. The Bertz CT molecular complexity index is 520. The van der Waals surface area contributed by atoms with Crippen LogP contribution in [0.1, 0.15) is 16.7 Å². The van der Waals surface area contributed by atoms with E-state index in [-0.39, 0.29) is 15.6 Å². The number of ether oxygens (including phenoxy) is 1. The van der Waals surface area contributed by atoms with Gasteiger partial charge in [0, 0.05) is 4.47 Å². The Morgan fingerprint density at radius 2 is 2.11 bits per heavy atom. The van der Waals surface area contributed by atoms with Crippen LogP contribution in [0.5, 0.6) is 0 Å². The molecule has 0 heterocycles. The van der Waals surface area contributed by atoms with E-state index < -0.39 is 24.1 Å². The van der Waals surface area contributed by atoms with Crippen LogP contribution in [0.2, 0.25) is 0 Å². The second-order valence-electron chi connectivity index (χ2n) is 3.35. The van der Waals surface area contributed by atoms with E-state index >= 15 is 0 Å². The molecular formula is C11H7BrF3NO2. The van der Waals surface area contributed by atoms with Crippen LogP contribution in [0.3, 0.4) is 0 Å². The highest BCUT2D eigenvalue weighted by atomic mass is 79.9. The molecular weight excluding hydrogens is 315 g/mol. The van der Waals surface area contributed by atoms with Crippen LogP contribution in [0, 0.1) is 11.3 Å². The van der Waals surface area contributed by atoms with E-state index in [1.54, 1.807) is 6.07 Å². The molecule has 3 nitrogen and oxygen atoms in total. The van der Waals surface area contributed by atoms with Crippen LogP contribution in [-0.4, -0.2) is 13.1 Å². The highest BCUT2D eigenvalue weighted by Gasteiger charge is 2.36. The highest BCUT2D eigenvalue weighted by molar-refractivity contribution is 9.10. The third-order valence-electron chi connectivity index (χ3n) is 2.15. The molecule has 0 N–H and O–H groups in total. The van der Waals surface area contributed by atoms with E-state index in [1.807, 2.05) is 0 Å². The zero-order chi connectivity index (χ0) is 13.9. The second-order valence-corrected chi connectivity index (χ2v) is 4.21. The lowest BCUT2D eigenvalue weighted by molar-refractivity contribution is -0.141. The van der Waals surface area contributed by atoms with Gasteiger partial charge < -0.3 is 4.74 Å². The van der Waals surface area contributed by atoms with Crippen molar-refractivity contribution in [3.63, 3.8) is 0 Å². The van der Waals surface area contributed by atoms with Crippen molar-refractivity contribution in [3.8, 4) is 6.07 Å². The molecule has 0 saturated heterocycles. The fraction of sp³-hybridized carbons (Fsp3) is 0.273. The van der Waals surface area contributed by atoms with Gasteiger partial charge in [-0.3, -0.25) is 4.79 Å². The van der Waals surface area contributed by atoms with Crippen molar-refractivity contribution in [1.29, 1.82) is 5.26 Å². The van der Waals surface area contributed by atoms with Gasteiger partial charge in [0.05, 0.1) is 30.7 Å². The van der Waals surface area contributed by atoms with Crippen molar-refractivity contribution < 1.29 is 22.7 Å². The number of rotatable bonds is 2. The maximum atomic E-state index is 12.8. The minimum atomic E-state index is -4.61. The van der Waals surface area contributed by atoms with Crippen molar-refractivity contribution in [1.82, 2.24) is 0 Å².